The number of carbonyl (C=O) groups is 1. The van der Waals surface area contributed by atoms with Gasteiger partial charge in [0.2, 0.25) is 10.0 Å². The second kappa shape index (κ2) is 11.3. The number of hydrogen-bond acceptors (Lipinski definition) is 4. The van der Waals surface area contributed by atoms with Crippen molar-refractivity contribution in [3.63, 3.8) is 0 Å². The summed E-state index contributed by atoms with van der Waals surface area (Å²) in [5, 5.41) is 3.89. The molecule has 0 fully saturated rings. The van der Waals surface area contributed by atoms with Crippen molar-refractivity contribution in [1.29, 1.82) is 0 Å². The predicted molar refractivity (Wildman–Crippen MR) is 130 cm³/mol. The predicted octanol–water partition coefficient (Wildman–Crippen LogP) is 5.46. The molecule has 0 heterocycles. The summed E-state index contributed by atoms with van der Waals surface area (Å²) in [5.41, 5.74) is 1.38. The van der Waals surface area contributed by atoms with Gasteiger partial charge in [-0.25, -0.2) is 13.8 Å². The average Bonchev–Trinajstić information content (AvgIpc) is 2.80. The van der Waals surface area contributed by atoms with Gasteiger partial charge in [-0.1, -0.05) is 63.9 Å². The van der Waals surface area contributed by atoms with Crippen LogP contribution in [0.2, 0.25) is 5.02 Å². The molecule has 1 N–H and O–H groups in total. The van der Waals surface area contributed by atoms with Crippen LogP contribution in [-0.2, 0) is 27.5 Å². The van der Waals surface area contributed by atoms with Crippen molar-refractivity contribution in [2.24, 2.45) is 5.10 Å². The van der Waals surface area contributed by atoms with E-state index in [2.05, 4.69) is 26.5 Å². The Labute approximate surface area is 213 Å². The van der Waals surface area contributed by atoms with Crippen molar-refractivity contribution in [2.45, 2.75) is 17.6 Å². The number of hydrogen-bond donors (Lipinski definition) is 1. The second-order valence-corrected chi connectivity index (χ2v) is 10.5. The van der Waals surface area contributed by atoms with Gasteiger partial charge in [-0.2, -0.15) is 22.6 Å². The minimum Gasteiger partial charge on any atom is -0.272 e. The van der Waals surface area contributed by atoms with E-state index in [0.717, 1.165) is 16.6 Å². The first-order chi connectivity index (χ1) is 16.5. The maximum absolute atomic E-state index is 13.3. The molecule has 0 bridgehead atoms. The van der Waals surface area contributed by atoms with Crippen molar-refractivity contribution < 1.29 is 26.4 Å². The zero-order valence-electron chi connectivity index (χ0n) is 17.8. The van der Waals surface area contributed by atoms with Gasteiger partial charge in [-0.15, -0.1) is 0 Å². The minimum atomic E-state index is -4.60. The molecule has 0 spiro atoms. The molecule has 184 valence electrons. The minimum absolute atomic E-state index is 0.0526. The number of sulfonamides is 1. The van der Waals surface area contributed by atoms with Crippen LogP contribution in [0.5, 0.6) is 0 Å². The van der Waals surface area contributed by atoms with Crippen LogP contribution in [-0.4, -0.2) is 31.4 Å². The van der Waals surface area contributed by atoms with Gasteiger partial charge in [0.05, 0.1) is 23.2 Å². The van der Waals surface area contributed by atoms with E-state index in [-0.39, 0.29) is 17.0 Å². The first-order valence-electron chi connectivity index (χ1n) is 9.96. The summed E-state index contributed by atoms with van der Waals surface area (Å²) >= 11 is 9.42. The number of amides is 1. The number of carbonyl (C=O) groups excluding carboxylic acids is 1. The summed E-state index contributed by atoms with van der Waals surface area (Å²) in [6.07, 6.45) is -3.75. The number of nitrogens with one attached hydrogen (secondary N) is 1. The van der Waals surface area contributed by atoms with E-state index in [0.29, 0.717) is 15.1 Å². The highest BCUT2D eigenvalue weighted by Gasteiger charge is 2.32. The molecule has 0 saturated carbocycles. The summed E-state index contributed by atoms with van der Waals surface area (Å²) in [6, 6.07) is 17.1. The maximum atomic E-state index is 13.3. The van der Waals surface area contributed by atoms with Crippen LogP contribution in [0, 0.1) is 0 Å². The van der Waals surface area contributed by atoms with Crippen LogP contribution in [0.25, 0.3) is 0 Å². The van der Waals surface area contributed by atoms with Gasteiger partial charge in [0.25, 0.3) is 5.91 Å². The van der Waals surface area contributed by atoms with Gasteiger partial charge in [0.15, 0.2) is 0 Å². The van der Waals surface area contributed by atoms with Crippen LogP contribution < -0.4 is 5.43 Å². The van der Waals surface area contributed by atoms with Crippen molar-refractivity contribution in [2.75, 3.05) is 6.54 Å². The molecule has 3 aromatic carbocycles. The van der Waals surface area contributed by atoms with E-state index in [1.54, 1.807) is 36.4 Å². The monoisotopic (exact) mass is 587 g/mol. The molecule has 6 nitrogen and oxygen atoms in total. The Kier molecular flexibility index (Phi) is 8.70. The SMILES string of the molecule is O=C(CN(Cc1ccccc1Cl)S(=O)(=O)c1ccc(Br)cc1)N/N=C/c1ccccc1C(F)(F)F. The van der Waals surface area contributed by atoms with Crippen LogP contribution >= 0.6 is 27.5 Å². The zero-order chi connectivity index (χ0) is 25.6. The summed E-state index contributed by atoms with van der Waals surface area (Å²) < 4.78 is 67.5. The third-order valence-electron chi connectivity index (χ3n) is 4.73. The van der Waals surface area contributed by atoms with E-state index in [9.17, 15) is 26.4 Å². The normalized spacial score (nSPS) is 12.3. The Morgan fingerprint density at radius 3 is 2.31 bits per heavy atom. The molecule has 0 aliphatic rings. The highest BCUT2D eigenvalue weighted by Crippen LogP contribution is 2.31. The molecule has 3 aromatic rings. The molecule has 0 saturated heterocycles. The average molecular weight is 589 g/mol. The lowest BCUT2D eigenvalue weighted by atomic mass is 10.1. The van der Waals surface area contributed by atoms with Crippen LogP contribution in [0.1, 0.15) is 16.7 Å². The summed E-state index contributed by atoms with van der Waals surface area (Å²) in [4.78, 5) is 12.5. The Hall–Kier alpha value is -2.73. The van der Waals surface area contributed by atoms with Gasteiger partial charge in [-0.05, 0) is 42.0 Å². The molecule has 35 heavy (non-hydrogen) atoms. The van der Waals surface area contributed by atoms with E-state index in [1.807, 2.05) is 0 Å². The molecule has 0 aromatic heterocycles. The van der Waals surface area contributed by atoms with Crippen LogP contribution in [0.15, 0.2) is 87.3 Å². The van der Waals surface area contributed by atoms with Crippen LogP contribution in [0.4, 0.5) is 13.2 Å². The van der Waals surface area contributed by atoms with Gasteiger partial charge >= 0.3 is 6.18 Å². The summed E-state index contributed by atoms with van der Waals surface area (Å²) in [7, 11) is -4.14. The van der Waals surface area contributed by atoms with Crippen molar-refractivity contribution in [3.05, 3.63) is 99.0 Å². The molecular weight excluding hydrogens is 571 g/mol. The number of benzene rings is 3. The standard InChI is InChI=1S/C23H18BrClF3N3O3S/c24-18-9-11-19(12-10-18)35(33,34)31(14-17-6-2-4-8-21(17)25)15-22(32)30-29-13-16-5-1-3-7-20(16)23(26,27)28/h1-13H,14-15H2,(H,30,32)/b29-13+. The molecule has 0 radical (unpaired) electrons. The van der Waals surface area contributed by atoms with Gasteiger partial charge < -0.3 is 0 Å². The fourth-order valence-electron chi connectivity index (χ4n) is 3.04. The number of nitrogens with zero attached hydrogens (tertiary/aromatic N) is 2. The smallest absolute Gasteiger partial charge is 0.272 e. The molecule has 0 unspecified atom stereocenters. The molecule has 0 aliphatic carbocycles. The number of hydrazone groups is 1. The third-order valence-corrected chi connectivity index (χ3v) is 7.44. The highest BCUT2D eigenvalue weighted by atomic mass is 79.9. The zero-order valence-corrected chi connectivity index (χ0v) is 21.0. The third kappa shape index (κ3) is 7.14. The van der Waals surface area contributed by atoms with Crippen LogP contribution in [0.3, 0.4) is 0 Å². The summed E-state index contributed by atoms with van der Waals surface area (Å²) in [5.74, 6) is -0.849. The van der Waals surface area contributed by atoms with E-state index in [1.165, 1.54) is 30.3 Å². The van der Waals surface area contributed by atoms with Crippen molar-refractivity contribution >= 4 is 49.7 Å². The Morgan fingerprint density at radius 1 is 1.03 bits per heavy atom. The molecule has 12 heteroatoms. The van der Waals surface area contributed by atoms with E-state index >= 15 is 0 Å². The molecule has 0 aliphatic heterocycles. The second-order valence-electron chi connectivity index (χ2n) is 7.20. The summed E-state index contributed by atoms with van der Waals surface area (Å²) in [6.45, 7) is -0.867. The van der Waals surface area contributed by atoms with Crippen molar-refractivity contribution in [1.82, 2.24) is 9.73 Å². The quantitative estimate of drug-likeness (QED) is 0.280. The first kappa shape index (κ1) is 26.9. The largest absolute Gasteiger partial charge is 0.417 e. The number of halogens is 5. The molecular formula is C23H18BrClF3N3O3S. The fourth-order valence-corrected chi connectivity index (χ4v) is 4.87. The van der Waals surface area contributed by atoms with E-state index < -0.39 is 34.2 Å². The number of rotatable bonds is 8. The Morgan fingerprint density at radius 2 is 1.66 bits per heavy atom. The fraction of sp³-hybridized carbons (Fsp3) is 0.130. The first-order valence-corrected chi connectivity index (χ1v) is 12.6. The Balaban J connectivity index is 1.82. The molecule has 3 rings (SSSR count). The highest BCUT2D eigenvalue weighted by molar-refractivity contribution is 9.10. The molecule has 1 amide bonds. The van der Waals surface area contributed by atoms with Gasteiger partial charge in [-0.3, -0.25) is 4.79 Å². The maximum Gasteiger partial charge on any atom is 0.417 e. The van der Waals surface area contributed by atoms with Gasteiger partial charge in [0, 0.05) is 21.6 Å². The molecule has 0 atom stereocenters. The lowest BCUT2D eigenvalue weighted by Gasteiger charge is -2.22. The van der Waals surface area contributed by atoms with Crippen molar-refractivity contribution in [3.8, 4) is 0 Å². The number of alkyl halides is 3. The van der Waals surface area contributed by atoms with E-state index in [4.69, 9.17) is 11.6 Å². The Bertz CT molecular complexity index is 1330. The lowest BCUT2D eigenvalue weighted by molar-refractivity contribution is -0.137. The lowest BCUT2D eigenvalue weighted by Crippen LogP contribution is -2.39. The topological polar surface area (TPSA) is 78.8 Å². The van der Waals surface area contributed by atoms with Gasteiger partial charge in [0.1, 0.15) is 0 Å².